The Balaban J connectivity index is 2.32. The Bertz CT molecular complexity index is 671. The molecule has 3 rings (SSSR count). The number of anilines is 1. The molecule has 3 nitrogen and oxygen atoms in total. The summed E-state index contributed by atoms with van der Waals surface area (Å²) in [6.45, 7) is 0. The molecule has 0 radical (unpaired) electrons. The van der Waals surface area contributed by atoms with Gasteiger partial charge in [0.05, 0.1) is 5.69 Å². The maximum Gasteiger partial charge on any atom is 0.268 e. The second-order valence-electron chi connectivity index (χ2n) is 4.78. The molecule has 0 spiro atoms. The first-order valence-electron chi connectivity index (χ1n) is 6.30. The van der Waals surface area contributed by atoms with Crippen LogP contribution in [0.4, 0.5) is 10.1 Å². The van der Waals surface area contributed by atoms with E-state index < -0.39 is 5.60 Å². The van der Waals surface area contributed by atoms with Gasteiger partial charge in [0.2, 0.25) is 0 Å². The van der Waals surface area contributed by atoms with Gasteiger partial charge in [-0.2, -0.15) is 0 Å². The summed E-state index contributed by atoms with van der Waals surface area (Å²) in [5.41, 5.74) is 0.637. The molecule has 1 heterocycles. The zero-order valence-corrected chi connectivity index (χ0v) is 11.3. The molecule has 2 aromatic rings. The lowest BCUT2D eigenvalue weighted by Gasteiger charge is -2.27. The Morgan fingerprint density at radius 3 is 2.50 bits per heavy atom. The van der Waals surface area contributed by atoms with Crippen LogP contribution < -0.4 is 4.90 Å². The number of rotatable bonds is 2. The molecule has 0 aliphatic carbocycles. The number of methoxy groups -OCH3 is 1. The lowest BCUT2D eigenvalue weighted by Crippen LogP contribution is -2.41. The number of fused-ring (bicyclic) bond motifs is 1. The zero-order chi connectivity index (χ0) is 14.3. The molecule has 102 valence electrons. The molecule has 2 aromatic carbocycles. The molecular formula is C16H14FNO2. The molecule has 4 heteroatoms. The molecular weight excluding hydrogens is 257 g/mol. The fourth-order valence-corrected chi connectivity index (χ4v) is 2.81. The molecule has 0 saturated heterocycles. The summed E-state index contributed by atoms with van der Waals surface area (Å²) in [6.07, 6.45) is 0. The number of halogens is 1. The molecule has 1 amide bonds. The molecule has 1 aliphatic heterocycles. The van der Waals surface area contributed by atoms with Crippen molar-refractivity contribution in [3.05, 3.63) is 65.5 Å². The van der Waals surface area contributed by atoms with Crippen molar-refractivity contribution < 1.29 is 13.9 Å². The van der Waals surface area contributed by atoms with E-state index in [1.165, 1.54) is 24.1 Å². The number of carbonyl (C=O) groups excluding carboxylic acids is 1. The van der Waals surface area contributed by atoms with Crippen molar-refractivity contribution in [3.8, 4) is 0 Å². The number of ether oxygens (including phenoxy) is 1. The summed E-state index contributed by atoms with van der Waals surface area (Å²) in [6, 6.07) is 13.5. The van der Waals surface area contributed by atoms with Crippen LogP contribution in [0, 0.1) is 5.82 Å². The fraction of sp³-hybridized carbons (Fsp3) is 0.188. The number of carbonyl (C=O) groups is 1. The van der Waals surface area contributed by atoms with Crippen molar-refractivity contribution in [2.75, 3.05) is 19.1 Å². The molecule has 0 fully saturated rings. The number of hydrogen-bond donors (Lipinski definition) is 0. The average molecular weight is 271 g/mol. The van der Waals surface area contributed by atoms with Gasteiger partial charge in [0.1, 0.15) is 5.82 Å². The van der Waals surface area contributed by atoms with E-state index in [2.05, 4.69) is 0 Å². The lowest BCUT2D eigenvalue weighted by atomic mass is 9.87. The average Bonchev–Trinajstić information content (AvgIpc) is 2.69. The SMILES string of the molecule is CO[C@]1(c2ccccc2)C(=O)N(C)c2ccc(F)cc21. The summed E-state index contributed by atoms with van der Waals surface area (Å²) >= 11 is 0. The number of likely N-dealkylation sites (N-methyl/N-ethyl adjacent to an activating group) is 1. The third-order valence-electron chi connectivity index (χ3n) is 3.79. The van der Waals surface area contributed by atoms with E-state index in [-0.39, 0.29) is 11.7 Å². The number of benzene rings is 2. The number of amides is 1. The smallest absolute Gasteiger partial charge is 0.268 e. The first kappa shape index (κ1) is 12.8. The van der Waals surface area contributed by atoms with E-state index >= 15 is 0 Å². The van der Waals surface area contributed by atoms with Crippen molar-refractivity contribution in [2.45, 2.75) is 5.60 Å². The van der Waals surface area contributed by atoms with E-state index in [0.717, 1.165) is 0 Å². The Kier molecular flexibility index (Phi) is 2.83. The molecule has 0 bridgehead atoms. The minimum absolute atomic E-state index is 0.216. The molecule has 1 aliphatic rings. The Morgan fingerprint density at radius 2 is 1.85 bits per heavy atom. The second kappa shape index (κ2) is 4.42. The van der Waals surface area contributed by atoms with Gasteiger partial charge in [0.25, 0.3) is 5.91 Å². The highest BCUT2D eigenvalue weighted by Gasteiger charge is 2.51. The Labute approximate surface area is 116 Å². The fourth-order valence-electron chi connectivity index (χ4n) is 2.81. The van der Waals surface area contributed by atoms with Gasteiger partial charge >= 0.3 is 0 Å². The van der Waals surface area contributed by atoms with Gasteiger partial charge in [0.15, 0.2) is 5.60 Å². The number of hydrogen-bond acceptors (Lipinski definition) is 2. The van der Waals surface area contributed by atoms with Crippen LogP contribution in [-0.2, 0) is 15.1 Å². The third-order valence-corrected chi connectivity index (χ3v) is 3.79. The van der Waals surface area contributed by atoms with Crippen LogP contribution in [0.5, 0.6) is 0 Å². The lowest BCUT2D eigenvalue weighted by molar-refractivity contribution is -0.134. The van der Waals surface area contributed by atoms with Crippen molar-refractivity contribution >= 4 is 11.6 Å². The highest BCUT2D eigenvalue weighted by Crippen LogP contribution is 2.46. The quantitative estimate of drug-likeness (QED) is 0.840. The van der Waals surface area contributed by atoms with E-state index in [1.807, 2.05) is 30.3 Å². The summed E-state index contributed by atoms with van der Waals surface area (Å²) in [7, 11) is 3.14. The summed E-state index contributed by atoms with van der Waals surface area (Å²) in [5.74, 6) is -0.601. The van der Waals surface area contributed by atoms with Gasteiger partial charge in [-0.1, -0.05) is 30.3 Å². The first-order valence-corrected chi connectivity index (χ1v) is 6.30. The van der Waals surface area contributed by atoms with E-state index in [4.69, 9.17) is 4.74 Å². The van der Waals surface area contributed by atoms with Crippen LogP contribution in [0.25, 0.3) is 0 Å². The van der Waals surface area contributed by atoms with Crippen LogP contribution in [0.2, 0.25) is 0 Å². The van der Waals surface area contributed by atoms with Gasteiger partial charge < -0.3 is 9.64 Å². The molecule has 0 N–H and O–H groups in total. The van der Waals surface area contributed by atoms with Crippen molar-refractivity contribution in [3.63, 3.8) is 0 Å². The molecule has 20 heavy (non-hydrogen) atoms. The van der Waals surface area contributed by atoms with E-state index in [1.54, 1.807) is 13.1 Å². The zero-order valence-electron chi connectivity index (χ0n) is 11.3. The van der Waals surface area contributed by atoms with E-state index in [9.17, 15) is 9.18 Å². The predicted octanol–water partition coefficient (Wildman–Crippen LogP) is 2.69. The van der Waals surface area contributed by atoms with Gasteiger partial charge in [-0.05, 0) is 23.8 Å². The topological polar surface area (TPSA) is 29.5 Å². The van der Waals surface area contributed by atoms with Crippen molar-refractivity contribution in [1.29, 1.82) is 0 Å². The van der Waals surface area contributed by atoms with Crippen LogP contribution >= 0.6 is 0 Å². The molecule has 0 aromatic heterocycles. The largest absolute Gasteiger partial charge is 0.359 e. The third kappa shape index (κ3) is 1.51. The van der Waals surface area contributed by atoms with Crippen molar-refractivity contribution in [1.82, 2.24) is 0 Å². The van der Waals surface area contributed by atoms with Gasteiger partial charge in [-0.3, -0.25) is 4.79 Å². The predicted molar refractivity (Wildman–Crippen MR) is 74.0 cm³/mol. The van der Waals surface area contributed by atoms with Gasteiger partial charge in [0, 0.05) is 19.7 Å². The summed E-state index contributed by atoms with van der Waals surface area (Å²) < 4.78 is 19.2. The highest BCUT2D eigenvalue weighted by atomic mass is 19.1. The standard InChI is InChI=1S/C16H14FNO2/c1-18-14-9-8-12(17)10-13(14)16(20-2,15(18)19)11-6-4-3-5-7-11/h3-10H,1-2H3/t16-/m0/s1. The molecule has 1 atom stereocenters. The Morgan fingerprint density at radius 1 is 1.15 bits per heavy atom. The van der Waals surface area contributed by atoms with E-state index in [0.29, 0.717) is 16.8 Å². The van der Waals surface area contributed by atoms with Crippen LogP contribution in [0.1, 0.15) is 11.1 Å². The monoisotopic (exact) mass is 271 g/mol. The van der Waals surface area contributed by atoms with Crippen LogP contribution in [-0.4, -0.2) is 20.1 Å². The number of nitrogens with zero attached hydrogens (tertiary/aromatic N) is 1. The maximum absolute atomic E-state index is 13.6. The second-order valence-corrected chi connectivity index (χ2v) is 4.78. The molecule has 0 saturated carbocycles. The van der Waals surface area contributed by atoms with Crippen LogP contribution in [0.3, 0.4) is 0 Å². The molecule has 0 unspecified atom stereocenters. The minimum atomic E-state index is -1.27. The normalized spacial score (nSPS) is 21.1. The van der Waals surface area contributed by atoms with Gasteiger partial charge in [-0.25, -0.2) is 4.39 Å². The minimum Gasteiger partial charge on any atom is -0.359 e. The first-order chi connectivity index (χ1) is 9.61. The van der Waals surface area contributed by atoms with Gasteiger partial charge in [-0.15, -0.1) is 0 Å². The maximum atomic E-state index is 13.6. The Hall–Kier alpha value is -2.20. The van der Waals surface area contributed by atoms with Crippen LogP contribution in [0.15, 0.2) is 48.5 Å². The van der Waals surface area contributed by atoms with Crippen molar-refractivity contribution in [2.24, 2.45) is 0 Å². The highest BCUT2D eigenvalue weighted by molar-refractivity contribution is 6.08. The summed E-state index contributed by atoms with van der Waals surface area (Å²) in [4.78, 5) is 14.2. The summed E-state index contributed by atoms with van der Waals surface area (Å²) in [5, 5.41) is 0.